The molecule has 0 bridgehead atoms. The molecule has 0 aromatic heterocycles. The molecule has 0 aliphatic carbocycles. The van der Waals surface area contributed by atoms with Crippen molar-refractivity contribution >= 4 is 11.6 Å². The fraction of sp³-hybridized carbons (Fsp3) is 0.200. The Kier molecular flexibility index (Phi) is 3.88. The number of halogens is 3. The molecule has 1 unspecified atom stereocenters. The summed E-state index contributed by atoms with van der Waals surface area (Å²) in [5.74, 6) is -1.30. The second-order valence-corrected chi connectivity index (χ2v) is 5.13. The normalized spacial score (nSPS) is 14.2. The molecule has 100 valence electrons. The standard InChI is InChI=1S/C15H13ClF2O/c1-15(19,11-3-2-4-12(16)7-11)9-10-5-6-13(17)8-14(10)18/h2-8,19H,9H2,1H3. The van der Waals surface area contributed by atoms with Crippen molar-refractivity contribution in [2.24, 2.45) is 0 Å². The SMILES string of the molecule is CC(O)(Cc1ccc(F)cc1F)c1cccc(Cl)c1. The van der Waals surface area contributed by atoms with E-state index in [0.29, 0.717) is 10.6 Å². The summed E-state index contributed by atoms with van der Waals surface area (Å²) in [6, 6.07) is 10.1. The van der Waals surface area contributed by atoms with Crippen molar-refractivity contribution in [3.8, 4) is 0 Å². The summed E-state index contributed by atoms with van der Waals surface area (Å²) in [6.45, 7) is 1.57. The molecule has 1 nitrogen and oxygen atoms in total. The van der Waals surface area contributed by atoms with Crippen molar-refractivity contribution in [3.63, 3.8) is 0 Å². The lowest BCUT2D eigenvalue weighted by Gasteiger charge is -2.24. The Hall–Kier alpha value is -1.45. The van der Waals surface area contributed by atoms with Crippen molar-refractivity contribution < 1.29 is 13.9 Å². The van der Waals surface area contributed by atoms with Crippen LogP contribution < -0.4 is 0 Å². The fourth-order valence-corrected chi connectivity index (χ4v) is 2.15. The highest BCUT2D eigenvalue weighted by molar-refractivity contribution is 6.30. The molecule has 0 heterocycles. The molecular formula is C15H13ClF2O. The van der Waals surface area contributed by atoms with Gasteiger partial charge in [0.05, 0.1) is 5.60 Å². The number of hydrogen-bond donors (Lipinski definition) is 1. The van der Waals surface area contributed by atoms with Crippen LogP contribution >= 0.6 is 11.6 Å². The van der Waals surface area contributed by atoms with Crippen LogP contribution in [-0.2, 0) is 12.0 Å². The van der Waals surface area contributed by atoms with Gasteiger partial charge in [0.25, 0.3) is 0 Å². The maximum absolute atomic E-state index is 13.6. The molecule has 2 aromatic carbocycles. The first-order valence-corrected chi connectivity index (χ1v) is 6.19. The molecule has 0 saturated carbocycles. The molecule has 2 aromatic rings. The molecule has 1 atom stereocenters. The minimum atomic E-state index is -1.27. The van der Waals surface area contributed by atoms with Crippen molar-refractivity contribution in [2.45, 2.75) is 18.9 Å². The molecule has 1 N–H and O–H groups in total. The Labute approximate surface area is 115 Å². The zero-order valence-corrected chi connectivity index (χ0v) is 11.1. The number of benzene rings is 2. The van der Waals surface area contributed by atoms with E-state index in [2.05, 4.69) is 0 Å². The maximum atomic E-state index is 13.6. The van der Waals surface area contributed by atoms with Crippen LogP contribution in [0.3, 0.4) is 0 Å². The molecule has 19 heavy (non-hydrogen) atoms. The average Bonchev–Trinajstić information content (AvgIpc) is 2.33. The topological polar surface area (TPSA) is 20.2 Å². The minimum Gasteiger partial charge on any atom is -0.385 e. The van der Waals surface area contributed by atoms with Gasteiger partial charge >= 0.3 is 0 Å². The molecule has 0 aliphatic heterocycles. The van der Waals surface area contributed by atoms with Gasteiger partial charge in [-0.2, -0.15) is 0 Å². The van der Waals surface area contributed by atoms with E-state index in [0.717, 1.165) is 6.07 Å². The van der Waals surface area contributed by atoms with Crippen molar-refractivity contribution in [1.82, 2.24) is 0 Å². The van der Waals surface area contributed by atoms with Crippen molar-refractivity contribution in [2.75, 3.05) is 0 Å². The Morgan fingerprint density at radius 3 is 2.53 bits per heavy atom. The van der Waals surface area contributed by atoms with Gasteiger partial charge in [-0.15, -0.1) is 0 Å². The van der Waals surface area contributed by atoms with Crippen molar-refractivity contribution in [1.29, 1.82) is 0 Å². The Balaban J connectivity index is 2.30. The smallest absolute Gasteiger partial charge is 0.129 e. The van der Waals surface area contributed by atoms with Gasteiger partial charge in [0.1, 0.15) is 11.6 Å². The maximum Gasteiger partial charge on any atom is 0.129 e. The van der Waals surface area contributed by atoms with E-state index in [1.54, 1.807) is 31.2 Å². The molecule has 0 amide bonds. The fourth-order valence-electron chi connectivity index (χ4n) is 1.96. The van der Waals surface area contributed by atoms with E-state index < -0.39 is 17.2 Å². The third-order valence-electron chi connectivity index (χ3n) is 3.00. The van der Waals surface area contributed by atoms with Crippen LogP contribution in [0, 0.1) is 11.6 Å². The summed E-state index contributed by atoms with van der Waals surface area (Å²) in [4.78, 5) is 0. The monoisotopic (exact) mass is 282 g/mol. The third-order valence-corrected chi connectivity index (χ3v) is 3.23. The van der Waals surface area contributed by atoms with E-state index in [1.165, 1.54) is 12.1 Å². The minimum absolute atomic E-state index is 0.0411. The van der Waals surface area contributed by atoms with Gasteiger partial charge in [0.2, 0.25) is 0 Å². The van der Waals surface area contributed by atoms with Crippen LogP contribution in [0.15, 0.2) is 42.5 Å². The van der Waals surface area contributed by atoms with E-state index in [4.69, 9.17) is 11.6 Å². The Morgan fingerprint density at radius 2 is 1.89 bits per heavy atom. The molecule has 0 spiro atoms. The summed E-state index contributed by atoms with van der Waals surface area (Å²) >= 11 is 5.87. The molecular weight excluding hydrogens is 270 g/mol. The highest BCUT2D eigenvalue weighted by Crippen LogP contribution is 2.28. The van der Waals surface area contributed by atoms with Crippen LogP contribution in [-0.4, -0.2) is 5.11 Å². The van der Waals surface area contributed by atoms with Crippen LogP contribution in [0.4, 0.5) is 8.78 Å². The zero-order valence-electron chi connectivity index (χ0n) is 10.3. The summed E-state index contributed by atoms with van der Waals surface area (Å²) in [5, 5.41) is 10.9. The molecule has 0 fully saturated rings. The summed E-state index contributed by atoms with van der Waals surface area (Å²) < 4.78 is 26.4. The molecule has 4 heteroatoms. The molecule has 0 radical (unpaired) electrons. The lowest BCUT2D eigenvalue weighted by Crippen LogP contribution is -2.24. The van der Waals surface area contributed by atoms with Gasteiger partial charge in [-0.25, -0.2) is 8.78 Å². The van der Waals surface area contributed by atoms with E-state index in [9.17, 15) is 13.9 Å². The lowest BCUT2D eigenvalue weighted by atomic mass is 9.89. The van der Waals surface area contributed by atoms with Gasteiger partial charge < -0.3 is 5.11 Å². The summed E-state index contributed by atoms with van der Waals surface area (Å²) in [6.07, 6.45) is 0.0411. The van der Waals surface area contributed by atoms with Crippen LogP contribution in [0.2, 0.25) is 5.02 Å². The van der Waals surface area contributed by atoms with E-state index in [-0.39, 0.29) is 12.0 Å². The van der Waals surface area contributed by atoms with Gasteiger partial charge in [-0.05, 0) is 36.2 Å². The van der Waals surface area contributed by atoms with E-state index in [1.807, 2.05) is 0 Å². The van der Waals surface area contributed by atoms with Gasteiger partial charge in [0.15, 0.2) is 0 Å². The Bertz CT molecular complexity index is 596. The van der Waals surface area contributed by atoms with Gasteiger partial charge in [0, 0.05) is 17.5 Å². The quantitative estimate of drug-likeness (QED) is 0.900. The third kappa shape index (κ3) is 3.31. The van der Waals surface area contributed by atoms with Crippen LogP contribution in [0.5, 0.6) is 0 Å². The van der Waals surface area contributed by atoms with E-state index >= 15 is 0 Å². The van der Waals surface area contributed by atoms with Gasteiger partial charge in [-0.1, -0.05) is 29.8 Å². The first-order valence-electron chi connectivity index (χ1n) is 5.81. The average molecular weight is 283 g/mol. The first kappa shape index (κ1) is 14.0. The summed E-state index contributed by atoms with van der Waals surface area (Å²) in [7, 11) is 0. The van der Waals surface area contributed by atoms with Crippen LogP contribution in [0.25, 0.3) is 0 Å². The lowest BCUT2D eigenvalue weighted by molar-refractivity contribution is 0.0567. The van der Waals surface area contributed by atoms with Crippen molar-refractivity contribution in [3.05, 3.63) is 70.2 Å². The predicted octanol–water partition coefficient (Wildman–Crippen LogP) is 4.07. The number of aliphatic hydroxyl groups is 1. The summed E-state index contributed by atoms with van der Waals surface area (Å²) in [5.41, 5.74) is -0.432. The zero-order chi connectivity index (χ0) is 14.0. The Morgan fingerprint density at radius 1 is 1.16 bits per heavy atom. The van der Waals surface area contributed by atoms with Crippen LogP contribution in [0.1, 0.15) is 18.1 Å². The predicted molar refractivity (Wildman–Crippen MR) is 71.1 cm³/mol. The van der Waals surface area contributed by atoms with Gasteiger partial charge in [-0.3, -0.25) is 0 Å². The molecule has 0 aliphatic rings. The second kappa shape index (κ2) is 5.27. The first-order chi connectivity index (χ1) is 8.88. The second-order valence-electron chi connectivity index (χ2n) is 4.70. The largest absolute Gasteiger partial charge is 0.385 e. The number of hydrogen-bond acceptors (Lipinski definition) is 1. The number of rotatable bonds is 3. The highest BCUT2D eigenvalue weighted by Gasteiger charge is 2.25. The molecule has 2 rings (SSSR count). The highest BCUT2D eigenvalue weighted by atomic mass is 35.5. The molecule has 0 saturated heterocycles.